The Morgan fingerprint density at radius 1 is 0.750 bits per heavy atom. The Balaban J connectivity index is 1.70. The van der Waals surface area contributed by atoms with Gasteiger partial charge in [-0.1, -0.05) is 24.3 Å². The average Bonchev–Trinajstić information content (AvgIpc) is 3.44. The molecule has 0 saturated heterocycles. The molecule has 5 rings (SSSR count). The summed E-state index contributed by atoms with van der Waals surface area (Å²) in [5, 5.41) is 3.97. The molecule has 0 N–H and O–H groups in total. The van der Waals surface area contributed by atoms with Crippen molar-refractivity contribution < 1.29 is 0 Å². The third-order valence-corrected chi connectivity index (χ3v) is 8.21. The van der Waals surface area contributed by atoms with E-state index in [0.29, 0.717) is 0 Å². The molecule has 0 aliphatic carbocycles. The van der Waals surface area contributed by atoms with Gasteiger partial charge in [0.25, 0.3) is 0 Å². The van der Waals surface area contributed by atoms with Crippen molar-refractivity contribution in [3.05, 3.63) is 47.8 Å². The first-order chi connectivity index (χ1) is 13.7. The molecule has 28 heavy (non-hydrogen) atoms. The second-order valence-corrected chi connectivity index (χ2v) is 9.89. The van der Waals surface area contributed by atoms with Gasteiger partial charge in [-0.2, -0.15) is 25.3 Å². The van der Waals surface area contributed by atoms with Gasteiger partial charge in [-0.05, 0) is 22.9 Å². The van der Waals surface area contributed by atoms with Crippen molar-refractivity contribution in [2.75, 3.05) is 24.6 Å². The number of thioether (sulfide) groups is 2. The largest absolute Gasteiger partial charge is 0.280 e. The first-order valence-corrected chi connectivity index (χ1v) is 12.1. The zero-order chi connectivity index (χ0) is 19.1. The van der Waals surface area contributed by atoms with Crippen LogP contribution in [-0.2, 0) is 0 Å². The molecule has 2 aliphatic rings. The average molecular weight is 443 g/mol. The van der Waals surface area contributed by atoms with Crippen LogP contribution >= 0.6 is 48.8 Å². The van der Waals surface area contributed by atoms with E-state index in [-0.39, 0.29) is 10.5 Å². The molecule has 0 fully saturated rings. The second-order valence-electron chi connectivity index (χ2n) is 6.62. The Kier molecular flexibility index (Phi) is 5.30. The van der Waals surface area contributed by atoms with Gasteiger partial charge in [0.2, 0.25) is 0 Å². The highest BCUT2D eigenvalue weighted by Crippen LogP contribution is 2.38. The molecule has 3 heterocycles. The minimum Gasteiger partial charge on any atom is -0.280 e. The van der Waals surface area contributed by atoms with E-state index in [1.807, 2.05) is 12.1 Å². The summed E-state index contributed by atoms with van der Waals surface area (Å²) < 4.78 is 0. The zero-order valence-electron chi connectivity index (χ0n) is 14.9. The summed E-state index contributed by atoms with van der Waals surface area (Å²) in [6.45, 7) is 1.68. The van der Waals surface area contributed by atoms with E-state index in [1.165, 1.54) is 0 Å². The third kappa shape index (κ3) is 3.44. The summed E-state index contributed by atoms with van der Waals surface area (Å²) in [4.78, 5) is 19.3. The van der Waals surface area contributed by atoms with Crippen molar-refractivity contribution in [3.8, 4) is 0 Å². The van der Waals surface area contributed by atoms with Crippen LogP contribution in [0, 0.1) is 0 Å². The first kappa shape index (κ1) is 18.8. The number of thiol groups is 2. The molecule has 0 spiro atoms. The highest BCUT2D eigenvalue weighted by Gasteiger charge is 2.29. The number of aromatic nitrogens is 2. The van der Waals surface area contributed by atoms with E-state index in [1.54, 1.807) is 23.5 Å². The van der Waals surface area contributed by atoms with Gasteiger partial charge in [0, 0.05) is 24.6 Å². The highest BCUT2D eigenvalue weighted by molar-refractivity contribution is 8.15. The Labute approximate surface area is 182 Å². The monoisotopic (exact) mass is 442 g/mol. The number of benzene rings is 2. The molecule has 2 atom stereocenters. The van der Waals surface area contributed by atoms with Crippen LogP contribution in [0.15, 0.2) is 46.4 Å². The minimum absolute atomic E-state index is 0.187. The van der Waals surface area contributed by atoms with Crippen molar-refractivity contribution in [2.24, 2.45) is 9.98 Å². The van der Waals surface area contributed by atoms with Crippen LogP contribution in [0.3, 0.4) is 0 Å². The van der Waals surface area contributed by atoms with Crippen LogP contribution in [0.2, 0.25) is 0 Å². The lowest BCUT2D eigenvalue weighted by Crippen LogP contribution is -2.14. The zero-order valence-corrected chi connectivity index (χ0v) is 18.4. The molecule has 4 nitrogen and oxygen atoms in total. The van der Waals surface area contributed by atoms with Gasteiger partial charge >= 0.3 is 0 Å². The Morgan fingerprint density at radius 3 is 1.61 bits per heavy atom. The van der Waals surface area contributed by atoms with Gasteiger partial charge in [-0.15, -0.1) is 23.5 Å². The molecule has 3 aromatic rings. The van der Waals surface area contributed by atoms with Crippen molar-refractivity contribution in [3.63, 3.8) is 0 Å². The number of fused-ring (bicyclic) bond motifs is 2. The quantitative estimate of drug-likeness (QED) is 0.440. The van der Waals surface area contributed by atoms with Gasteiger partial charge < -0.3 is 0 Å². The summed E-state index contributed by atoms with van der Waals surface area (Å²) in [6, 6.07) is 12.5. The van der Waals surface area contributed by atoms with Crippen molar-refractivity contribution in [1.29, 1.82) is 0 Å². The molecule has 0 amide bonds. The number of nitrogens with zero attached hydrogens (tertiary/aromatic N) is 4. The summed E-state index contributed by atoms with van der Waals surface area (Å²) in [5.74, 6) is 2.00. The first-order valence-electron chi connectivity index (χ1n) is 9.11. The van der Waals surface area contributed by atoms with Gasteiger partial charge in [-0.3, -0.25) is 9.98 Å². The second kappa shape index (κ2) is 7.89. The topological polar surface area (TPSA) is 50.5 Å². The standard InChI is InChI=1S/C20H18N4S4/c25-17(19-21-5-7-27-19)15-16(18(26)20-22-6-8-28-20)24-14-10-12-4-2-1-3-11(12)9-13(14)23-15/h1-4,9-10,17-18,25-26H,5-8H2. The summed E-state index contributed by atoms with van der Waals surface area (Å²) in [7, 11) is 0. The molecule has 2 aliphatic heterocycles. The maximum atomic E-state index is 5.02. The fourth-order valence-corrected chi connectivity index (χ4v) is 6.12. The Morgan fingerprint density at radius 2 is 1.21 bits per heavy atom. The predicted molar refractivity (Wildman–Crippen MR) is 130 cm³/mol. The maximum absolute atomic E-state index is 5.02. The van der Waals surface area contributed by atoms with E-state index in [9.17, 15) is 0 Å². The van der Waals surface area contributed by atoms with E-state index >= 15 is 0 Å². The fraction of sp³-hybridized carbons (Fsp3) is 0.300. The Hall–Kier alpha value is -1.22. The molecular weight excluding hydrogens is 425 g/mol. The van der Waals surface area contributed by atoms with Gasteiger partial charge in [0.05, 0.1) is 43.0 Å². The molecule has 8 heteroatoms. The lowest BCUT2D eigenvalue weighted by molar-refractivity contribution is 1.02. The normalized spacial score (nSPS) is 19.1. The predicted octanol–water partition coefficient (Wildman–Crippen LogP) is 5.02. The van der Waals surface area contributed by atoms with Crippen LogP contribution in [0.25, 0.3) is 21.8 Å². The third-order valence-electron chi connectivity index (χ3n) is 4.79. The van der Waals surface area contributed by atoms with E-state index in [4.69, 9.17) is 35.2 Å². The van der Waals surface area contributed by atoms with Crippen molar-refractivity contribution >= 4 is 80.7 Å². The summed E-state index contributed by atoms with van der Waals surface area (Å²) in [5.41, 5.74) is 3.44. The molecule has 0 saturated carbocycles. The number of hydrogen-bond donors (Lipinski definition) is 2. The number of hydrogen-bond acceptors (Lipinski definition) is 8. The van der Waals surface area contributed by atoms with Crippen LogP contribution in [0.5, 0.6) is 0 Å². The van der Waals surface area contributed by atoms with Crippen LogP contribution in [-0.4, -0.2) is 44.7 Å². The van der Waals surface area contributed by atoms with Crippen LogP contribution < -0.4 is 0 Å². The maximum Gasteiger partial charge on any atom is 0.0937 e. The SMILES string of the molecule is SC(C1=NCCS1)c1nc2cc3ccccc3cc2nc1C(S)C1=NCCS1. The minimum atomic E-state index is -0.187. The fourth-order valence-electron chi connectivity index (χ4n) is 3.44. The lowest BCUT2D eigenvalue weighted by Gasteiger charge is -2.19. The van der Waals surface area contributed by atoms with Crippen molar-refractivity contribution in [1.82, 2.24) is 9.97 Å². The van der Waals surface area contributed by atoms with Gasteiger partial charge in [0.15, 0.2) is 0 Å². The lowest BCUT2D eigenvalue weighted by atomic mass is 10.1. The van der Waals surface area contributed by atoms with Crippen LogP contribution in [0.1, 0.15) is 21.9 Å². The number of aliphatic imine (C=N–C) groups is 2. The molecule has 2 unspecified atom stereocenters. The van der Waals surface area contributed by atoms with Gasteiger partial charge in [-0.25, -0.2) is 9.97 Å². The molecule has 2 aromatic carbocycles. The molecule has 0 radical (unpaired) electrons. The molecule has 0 bridgehead atoms. The van der Waals surface area contributed by atoms with E-state index < -0.39 is 0 Å². The van der Waals surface area contributed by atoms with E-state index in [2.05, 4.69) is 34.3 Å². The molecular formula is C20H18N4S4. The van der Waals surface area contributed by atoms with Crippen LogP contribution in [0.4, 0.5) is 0 Å². The summed E-state index contributed by atoms with van der Waals surface area (Å²) in [6.07, 6.45) is 0. The molecule has 142 valence electrons. The number of rotatable bonds is 4. The smallest absolute Gasteiger partial charge is 0.0937 e. The van der Waals surface area contributed by atoms with Gasteiger partial charge in [0.1, 0.15) is 0 Å². The Bertz CT molecular complexity index is 1040. The van der Waals surface area contributed by atoms with E-state index in [0.717, 1.165) is 67.9 Å². The highest BCUT2D eigenvalue weighted by atomic mass is 32.2. The molecule has 1 aromatic heterocycles. The van der Waals surface area contributed by atoms with Crippen molar-refractivity contribution in [2.45, 2.75) is 10.5 Å². The summed E-state index contributed by atoms with van der Waals surface area (Å²) >= 11 is 13.3.